The van der Waals surface area contributed by atoms with Crippen LogP contribution in [0.25, 0.3) is 5.69 Å². The molecule has 0 saturated heterocycles. The van der Waals surface area contributed by atoms with E-state index in [0.717, 1.165) is 12.5 Å². The van der Waals surface area contributed by atoms with Crippen LogP contribution in [0.3, 0.4) is 0 Å². The third-order valence-corrected chi connectivity index (χ3v) is 3.89. The fourth-order valence-electron chi connectivity index (χ4n) is 2.68. The Balaban J connectivity index is 2.04. The van der Waals surface area contributed by atoms with Crippen LogP contribution in [0, 0.1) is 6.92 Å². The van der Waals surface area contributed by atoms with Crippen molar-refractivity contribution in [2.75, 3.05) is 17.7 Å². The second-order valence-electron chi connectivity index (χ2n) is 6.73. The fraction of sp³-hybridized carbons (Fsp3) is 0.316. The van der Waals surface area contributed by atoms with Crippen LogP contribution in [0.1, 0.15) is 30.9 Å². The Hall–Kier alpha value is -3.47. The number of ether oxygens (including phenoxy) is 1. The van der Waals surface area contributed by atoms with Crippen molar-refractivity contribution in [3.63, 3.8) is 0 Å². The van der Waals surface area contributed by atoms with Crippen molar-refractivity contribution in [3.05, 3.63) is 47.8 Å². The minimum Gasteiger partial charge on any atom is -0.380 e. The number of hydrogen-bond acceptors (Lipinski definition) is 7. The van der Waals surface area contributed by atoms with Crippen molar-refractivity contribution in [1.29, 1.82) is 0 Å². The second-order valence-corrected chi connectivity index (χ2v) is 6.73. The van der Waals surface area contributed by atoms with E-state index >= 15 is 0 Å². The van der Waals surface area contributed by atoms with Gasteiger partial charge in [0.15, 0.2) is 0 Å². The summed E-state index contributed by atoms with van der Waals surface area (Å²) in [6.45, 7) is 4.07. The van der Waals surface area contributed by atoms with Gasteiger partial charge < -0.3 is 15.4 Å². The predicted molar refractivity (Wildman–Crippen MR) is 106 cm³/mol. The molecule has 0 bridgehead atoms. The molecule has 158 valence electrons. The zero-order valence-electron chi connectivity index (χ0n) is 16.9. The number of aromatic nitrogens is 5. The highest BCUT2D eigenvalue weighted by Crippen LogP contribution is 2.29. The van der Waals surface area contributed by atoms with Crippen LogP contribution in [-0.2, 0) is 22.1 Å². The van der Waals surface area contributed by atoms with E-state index in [1.165, 1.54) is 19.2 Å². The van der Waals surface area contributed by atoms with Gasteiger partial charge in [0.25, 0.3) is 0 Å². The average molecular weight is 417 g/mol. The Morgan fingerprint density at radius 1 is 1.23 bits per heavy atom. The van der Waals surface area contributed by atoms with E-state index in [-0.39, 0.29) is 17.5 Å². The van der Waals surface area contributed by atoms with E-state index in [9.17, 15) is 13.6 Å². The number of rotatable bonds is 7. The quantitative estimate of drug-likeness (QED) is 0.607. The van der Waals surface area contributed by atoms with Gasteiger partial charge in [-0.05, 0) is 6.92 Å². The Bertz CT molecular complexity index is 1060. The maximum Gasteiger partial charge on any atom is 0.303 e. The summed E-state index contributed by atoms with van der Waals surface area (Å²) in [5.41, 5.74) is 2.18. The number of nitrogens with one attached hydrogen (secondary N) is 2. The highest BCUT2D eigenvalue weighted by atomic mass is 19.3. The predicted octanol–water partition coefficient (Wildman–Crippen LogP) is 3.33. The van der Waals surface area contributed by atoms with Gasteiger partial charge in [-0.3, -0.25) is 4.79 Å². The highest BCUT2D eigenvalue weighted by Gasteiger charge is 2.29. The lowest BCUT2D eigenvalue weighted by molar-refractivity contribution is -0.114. The van der Waals surface area contributed by atoms with Crippen LogP contribution in [0.15, 0.2) is 30.7 Å². The topological polar surface area (TPSA) is 107 Å². The largest absolute Gasteiger partial charge is 0.380 e. The zero-order valence-corrected chi connectivity index (χ0v) is 16.9. The molecule has 0 saturated carbocycles. The van der Waals surface area contributed by atoms with Crippen molar-refractivity contribution in [2.45, 2.75) is 33.3 Å². The van der Waals surface area contributed by atoms with Gasteiger partial charge in [0.1, 0.15) is 17.3 Å². The molecule has 3 rings (SSSR count). The number of alkyl halides is 2. The van der Waals surface area contributed by atoms with Crippen LogP contribution in [0.4, 0.5) is 26.1 Å². The fourth-order valence-corrected chi connectivity index (χ4v) is 2.68. The Morgan fingerprint density at radius 2 is 2.00 bits per heavy atom. The van der Waals surface area contributed by atoms with Gasteiger partial charge >= 0.3 is 5.92 Å². The van der Waals surface area contributed by atoms with E-state index in [0.29, 0.717) is 23.7 Å². The Morgan fingerprint density at radius 3 is 2.67 bits per heavy atom. The third-order valence-electron chi connectivity index (χ3n) is 3.89. The molecule has 2 N–H and O–H groups in total. The van der Waals surface area contributed by atoms with Gasteiger partial charge in [-0.2, -0.15) is 13.9 Å². The lowest BCUT2D eigenvalue weighted by Crippen LogP contribution is -2.15. The summed E-state index contributed by atoms with van der Waals surface area (Å²) in [7, 11) is 1.58. The van der Waals surface area contributed by atoms with Crippen molar-refractivity contribution in [3.8, 4) is 5.69 Å². The molecule has 0 aromatic carbocycles. The van der Waals surface area contributed by atoms with Gasteiger partial charge in [0.2, 0.25) is 11.7 Å². The highest BCUT2D eigenvalue weighted by molar-refractivity contribution is 5.88. The minimum absolute atomic E-state index is 0.171. The summed E-state index contributed by atoms with van der Waals surface area (Å²) >= 11 is 0. The summed E-state index contributed by atoms with van der Waals surface area (Å²) in [4.78, 5) is 23.4. The smallest absolute Gasteiger partial charge is 0.303 e. The molecule has 0 aliphatic heterocycles. The molecule has 0 aliphatic carbocycles. The summed E-state index contributed by atoms with van der Waals surface area (Å²) in [5.74, 6) is -3.63. The summed E-state index contributed by atoms with van der Waals surface area (Å²) < 4.78 is 34.2. The number of halogens is 2. The number of pyridine rings is 1. The number of carbonyl (C=O) groups is 1. The molecule has 0 fully saturated rings. The molecule has 3 heterocycles. The molecule has 3 aromatic heterocycles. The molecule has 0 atom stereocenters. The van der Waals surface area contributed by atoms with Gasteiger partial charge in [-0.25, -0.2) is 19.6 Å². The van der Waals surface area contributed by atoms with E-state index in [4.69, 9.17) is 4.74 Å². The number of nitrogens with zero attached hydrogens (tertiary/aromatic N) is 5. The number of anilines is 3. The van der Waals surface area contributed by atoms with E-state index in [1.807, 2.05) is 0 Å². The van der Waals surface area contributed by atoms with Crippen LogP contribution < -0.4 is 10.6 Å². The lowest BCUT2D eigenvalue weighted by atomic mass is 10.3. The van der Waals surface area contributed by atoms with Crippen LogP contribution in [0.5, 0.6) is 0 Å². The van der Waals surface area contributed by atoms with Crippen LogP contribution in [-0.4, -0.2) is 37.7 Å². The van der Waals surface area contributed by atoms with E-state index in [1.54, 1.807) is 37.2 Å². The molecule has 11 heteroatoms. The minimum atomic E-state index is -3.19. The zero-order chi connectivity index (χ0) is 21.9. The molecule has 0 aliphatic rings. The number of hydrogen-bond donors (Lipinski definition) is 2. The molecule has 0 spiro atoms. The van der Waals surface area contributed by atoms with Crippen LogP contribution in [0.2, 0.25) is 0 Å². The first-order valence-electron chi connectivity index (χ1n) is 8.97. The van der Waals surface area contributed by atoms with Crippen LogP contribution >= 0.6 is 0 Å². The molecule has 3 aromatic rings. The van der Waals surface area contributed by atoms with Crippen molar-refractivity contribution in [2.24, 2.45) is 0 Å². The third kappa shape index (κ3) is 5.11. The van der Waals surface area contributed by atoms with Crippen molar-refractivity contribution in [1.82, 2.24) is 24.7 Å². The molecule has 30 heavy (non-hydrogen) atoms. The molecule has 1 amide bonds. The van der Waals surface area contributed by atoms with Gasteiger partial charge in [-0.15, -0.1) is 0 Å². The standard InChI is InChI=1S/C19H21F2N7O2/c1-11-5-17(27-18(24-11)19(3,20)21)26-14-6-16(25-12(2)29)22-8-15(14)28-9-13(7-23-28)10-30-4/h5-9H,10H2,1-4H3,(H2,22,24,25,26,27,29). The molecular formula is C19H21F2N7O2. The average Bonchev–Trinajstić information content (AvgIpc) is 3.09. The maximum atomic E-state index is 13.7. The van der Waals surface area contributed by atoms with Crippen molar-refractivity contribution < 1.29 is 18.3 Å². The van der Waals surface area contributed by atoms with E-state index in [2.05, 4.69) is 30.7 Å². The van der Waals surface area contributed by atoms with Crippen molar-refractivity contribution >= 4 is 23.2 Å². The Labute approximate surface area is 171 Å². The first kappa shape index (κ1) is 21.2. The number of aryl methyl sites for hydroxylation is 1. The molecule has 0 radical (unpaired) electrons. The first-order valence-corrected chi connectivity index (χ1v) is 8.97. The van der Waals surface area contributed by atoms with Gasteiger partial charge in [0.05, 0.1) is 24.7 Å². The summed E-state index contributed by atoms with van der Waals surface area (Å²) in [6, 6.07) is 3.10. The molecule has 0 unspecified atom stereocenters. The Kier molecular flexibility index (Phi) is 6.01. The SMILES string of the molecule is COCc1cnn(-c2cnc(NC(C)=O)cc2Nc2cc(C)nc(C(C)(F)F)n2)c1. The monoisotopic (exact) mass is 417 g/mol. The number of carbonyl (C=O) groups excluding carboxylic acids is 1. The van der Waals surface area contributed by atoms with Gasteiger partial charge in [-0.1, -0.05) is 0 Å². The van der Waals surface area contributed by atoms with E-state index < -0.39 is 11.7 Å². The van der Waals surface area contributed by atoms with Gasteiger partial charge in [0, 0.05) is 50.5 Å². The maximum absolute atomic E-state index is 13.7. The molecule has 9 nitrogen and oxygen atoms in total. The summed E-state index contributed by atoms with van der Waals surface area (Å²) in [6.07, 6.45) is 4.89. The normalized spacial score (nSPS) is 11.4. The first-order chi connectivity index (χ1) is 14.2. The lowest BCUT2D eigenvalue weighted by Gasteiger charge is -2.15. The number of methoxy groups -OCH3 is 1. The number of amides is 1. The second kappa shape index (κ2) is 8.49. The molecular weight excluding hydrogens is 396 g/mol. The summed E-state index contributed by atoms with van der Waals surface area (Å²) in [5, 5.41) is 9.89.